The molecule has 1 saturated carbocycles. The van der Waals surface area contributed by atoms with E-state index in [-0.39, 0.29) is 0 Å². The highest BCUT2D eigenvalue weighted by molar-refractivity contribution is 5.71. The Balaban J connectivity index is 2.11. The van der Waals surface area contributed by atoms with E-state index >= 15 is 0 Å². The van der Waals surface area contributed by atoms with Crippen molar-refractivity contribution in [2.75, 3.05) is 5.32 Å². The minimum atomic E-state index is 0.557. The number of rotatable bonds is 9. The van der Waals surface area contributed by atoms with Gasteiger partial charge in [-0.1, -0.05) is 51.1 Å². The summed E-state index contributed by atoms with van der Waals surface area (Å²) in [6.07, 6.45) is 12.2. The van der Waals surface area contributed by atoms with E-state index in [1.807, 2.05) is 19.1 Å². The molecule has 0 aliphatic heterocycles. The molecule has 1 fully saturated rings. The van der Waals surface area contributed by atoms with Crippen molar-refractivity contribution in [1.82, 2.24) is 10.6 Å². The van der Waals surface area contributed by atoms with Crippen molar-refractivity contribution in [3.05, 3.63) is 84.4 Å². The minimum absolute atomic E-state index is 0.557. The van der Waals surface area contributed by atoms with Gasteiger partial charge in [0.2, 0.25) is 0 Å². The van der Waals surface area contributed by atoms with Gasteiger partial charge in [0.1, 0.15) is 0 Å². The maximum absolute atomic E-state index is 4.31. The molecule has 0 aromatic heterocycles. The van der Waals surface area contributed by atoms with Gasteiger partial charge in [-0.15, -0.1) is 0 Å². The van der Waals surface area contributed by atoms with Crippen molar-refractivity contribution < 1.29 is 0 Å². The molecule has 1 aliphatic rings. The molecule has 1 aliphatic carbocycles. The molecular formula is C25H35N3. The van der Waals surface area contributed by atoms with Crippen molar-refractivity contribution in [3.63, 3.8) is 0 Å². The van der Waals surface area contributed by atoms with Crippen molar-refractivity contribution in [1.29, 1.82) is 0 Å². The van der Waals surface area contributed by atoms with Gasteiger partial charge in [0.25, 0.3) is 0 Å². The summed E-state index contributed by atoms with van der Waals surface area (Å²) in [6, 6.07) is 6.89. The Morgan fingerprint density at radius 2 is 1.79 bits per heavy atom. The molecule has 2 rings (SSSR count). The second-order valence-electron chi connectivity index (χ2n) is 7.62. The molecule has 3 N–H and O–H groups in total. The summed E-state index contributed by atoms with van der Waals surface area (Å²) in [5.74, 6) is 0. The summed E-state index contributed by atoms with van der Waals surface area (Å²) < 4.78 is 0. The molecule has 0 unspecified atom stereocenters. The number of benzene rings is 1. The molecule has 1 aromatic carbocycles. The predicted molar refractivity (Wildman–Crippen MR) is 124 cm³/mol. The van der Waals surface area contributed by atoms with Gasteiger partial charge in [-0.25, -0.2) is 0 Å². The van der Waals surface area contributed by atoms with E-state index in [0.29, 0.717) is 6.04 Å². The SMILES string of the molecule is C=CN/C(=C/C=C(\C)Nc1cccc(C(=C)NC2CCCCC2)c1C)C(=C)C. The van der Waals surface area contributed by atoms with Gasteiger partial charge < -0.3 is 16.0 Å². The third-order valence-electron chi connectivity index (χ3n) is 5.19. The van der Waals surface area contributed by atoms with E-state index in [1.54, 1.807) is 6.20 Å². The Hall–Kier alpha value is -2.68. The van der Waals surface area contributed by atoms with Gasteiger partial charge in [-0.2, -0.15) is 0 Å². The van der Waals surface area contributed by atoms with E-state index in [1.165, 1.54) is 43.2 Å². The van der Waals surface area contributed by atoms with Crippen LogP contribution in [0.1, 0.15) is 57.1 Å². The zero-order valence-electron chi connectivity index (χ0n) is 17.7. The van der Waals surface area contributed by atoms with E-state index in [0.717, 1.165) is 28.4 Å². The molecular weight excluding hydrogens is 342 g/mol. The molecule has 3 heteroatoms. The first-order valence-corrected chi connectivity index (χ1v) is 10.2. The van der Waals surface area contributed by atoms with E-state index < -0.39 is 0 Å². The fraction of sp³-hybridized carbons (Fsp3) is 0.360. The molecule has 0 saturated heterocycles. The molecule has 0 radical (unpaired) electrons. The Bertz CT molecular complexity index is 777. The van der Waals surface area contributed by atoms with Gasteiger partial charge in [0.05, 0.1) is 0 Å². The van der Waals surface area contributed by atoms with E-state index in [4.69, 9.17) is 0 Å². The number of allylic oxidation sites excluding steroid dienone is 4. The number of anilines is 1. The summed E-state index contributed by atoms with van der Waals surface area (Å²) in [5, 5.41) is 10.3. The van der Waals surface area contributed by atoms with Crippen LogP contribution in [0.5, 0.6) is 0 Å². The lowest BCUT2D eigenvalue weighted by Crippen LogP contribution is -2.29. The lowest BCUT2D eigenvalue weighted by atomic mass is 9.94. The Morgan fingerprint density at radius 3 is 2.43 bits per heavy atom. The highest BCUT2D eigenvalue weighted by atomic mass is 14.9. The van der Waals surface area contributed by atoms with Gasteiger partial charge in [-0.05, 0) is 69.2 Å². The molecule has 1 aromatic rings. The zero-order chi connectivity index (χ0) is 20.5. The second kappa shape index (κ2) is 10.6. The van der Waals surface area contributed by atoms with Crippen molar-refractivity contribution in [3.8, 4) is 0 Å². The lowest BCUT2D eigenvalue weighted by molar-refractivity contribution is 0.409. The molecule has 0 heterocycles. The van der Waals surface area contributed by atoms with Crippen LogP contribution in [0.4, 0.5) is 5.69 Å². The van der Waals surface area contributed by atoms with Crippen molar-refractivity contribution >= 4 is 11.4 Å². The number of hydrogen-bond donors (Lipinski definition) is 3. The van der Waals surface area contributed by atoms with Crippen LogP contribution in [-0.4, -0.2) is 6.04 Å². The average molecular weight is 378 g/mol. The average Bonchev–Trinajstić information content (AvgIpc) is 2.67. The third-order valence-corrected chi connectivity index (χ3v) is 5.19. The predicted octanol–water partition coefficient (Wildman–Crippen LogP) is 6.40. The molecule has 150 valence electrons. The van der Waals surface area contributed by atoms with E-state index in [2.05, 4.69) is 67.7 Å². The van der Waals surface area contributed by atoms with Crippen LogP contribution in [0.25, 0.3) is 5.70 Å². The second-order valence-corrected chi connectivity index (χ2v) is 7.62. The van der Waals surface area contributed by atoms with Crippen LogP contribution >= 0.6 is 0 Å². The van der Waals surface area contributed by atoms with Crippen LogP contribution < -0.4 is 16.0 Å². The standard InChI is InChI=1S/C25H35N3/c1-7-26-24(18(2)3)17-16-19(4)27-25-15-11-14-23(20(25)5)21(6)28-22-12-9-8-10-13-22/h7,11,14-17,22,26-28H,1-2,6,8-10,12-13H2,3-5H3/b19-16+,24-17+. The zero-order valence-corrected chi connectivity index (χ0v) is 17.7. The summed E-state index contributed by atoms with van der Waals surface area (Å²) >= 11 is 0. The molecule has 28 heavy (non-hydrogen) atoms. The minimum Gasteiger partial charge on any atom is -0.382 e. The first kappa shape index (κ1) is 21.6. The fourth-order valence-electron chi connectivity index (χ4n) is 3.56. The maximum atomic E-state index is 4.31. The molecule has 0 bridgehead atoms. The summed E-state index contributed by atoms with van der Waals surface area (Å²) in [4.78, 5) is 0. The summed E-state index contributed by atoms with van der Waals surface area (Å²) in [6.45, 7) is 18.2. The highest BCUT2D eigenvalue weighted by Gasteiger charge is 2.15. The molecule has 0 amide bonds. The van der Waals surface area contributed by atoms with Crippen LogP contribution in [-0.2, 0) is 0 Å². The normalized spacial score (nSPS) is 15.7. The maximum Gasteiger partial charge on any atom is 0.0418 e. The van der Waals surface area contributed by atoms with Gasteiger partial charge >= 0.3 is 0 Å². The molecule has 0 atom stereocenters. The fourth-order valence-corrected chi connectivity index (χ4v) is 3.56. The van der Waals surface area contributed by atoms with Crippen LogP contribution in [0.3, 0.4) is 0 Å². The van der Waals surface area contributed by atoms with Crippen molar-refractivity contribution in [2.24, 2.45) is 0 Å². The first-order chi connectivity index (χ1) is 13.4. The smallest absolute Gasteiger partial charge is 0.0418 e. The third kappa shape index (κ3) is 6.19. The van der Waals surface area contributed by atoms with Crippen LogP contribution in [0, 0.1) is 6.92 Å². The highest BCUT2D eigenvalue weighted by Crippen LogP contribution is 2.26. The summed E-state index contributed by atoms with van der Waals surface area (Å²) in [5.41, 5.74) is 7.47. The topological polar surface area (TPSA) is 36.1 Å². The van der Waals surface area contributed by atoms with Crippen LogP contribution in [0.15, 0.2) is 73.3 Å². The van der Waals surface area contributed by atoms with Gasteiger partial charge in [-0.3, -0.25) is 0 Å². The Morgan fingerprint density at radius 1 is 1.07 bits per heavy atom. The summed E-state index contributed by atoms with van der Waals surface area (Å²) in [7, 11) is 0. The molecule has 3 nitrogen and oxygen atoms in total. The number of hydrogen-bond acceptors (Lipinski definition) is 3. The van der Waals surface area contributed by atoms with Gasteiger partial charge in [0.15, 0.2) is 0 Å². The van der Waals surface area contributed by atoms with E-state index in [9.17, 15) is 0 Å². The lowest BCUT2D eigenvalue weighted by Gasteiger charge is -2.26. The quantitative estimate of drug-likeness (QED) is 0.436. The largest absolute Gasteiger partial charge is 0.382 e. The Labute approximate surface area is 171 Å². The van der Waals surface area contributed by atoms with Crippen molar-refractivity contribution in [2.45, 2.75) is 58.9 Å². The Kier molecular flexibility index (Phi) is 8.19. The monoisotopic (exact) mass is 377 g/mol. The van der Waals surface area contributed by atoms with Crippen LogP contribution in [0.2, 0.25) is 0 Å². The first-order valence-electron chi connectivity index (χ1n) is 10.2. The number of nitrogens with one attached hydrogen (secondary N) is 3. The molecule has 0 spiro atoms. The van der Waals surface area contributed by atoms with Gasteiger partial charge in [0, 0.05) is 34.4 Å².